The number of amides is 1. The Morgan fingerprint density at radius 2 is 2.16 bits per heavy atom. The molecule has 0 saturated carbocycles. The van der Waals surface area contributed by atoms with Gasteiger partial charge in [0.05, 0.1) is 4.47 Å². The number of hydrogen-bond acceptors (Lipinski definition) is 5. The fourth-order valence-electron chi connectivity index (χ4n) is 1.35. The van der Waals surface area contributed by atoms with E-state index >= 15 is 0 Å². The fourth-order valence-corrected chi connectivity index (χ4v) is 1.73. The summed E-state index contributed by atoms with van der Waals surface area (Å²) < 4.78 is 10.8. The predicted molar refractivity (Wildman–Crippen MR) is 71.9 cm³/mol. The summed E-state index contributed by atoms with van der Waals surface area (Å²) in [5.74, 6) is 0.572. The molecule has 1 heterocycles. The highest BCUT2D eigenvalue weighted by Crippen LogP contribution is 2.25. The lowest BCUT2D eigenvalue weighted by Gasteiger charge is -2.14. The van der Waals surface area contributed by atoms with Crippen LogP contribution < -0.4 is 10.1 Å². The van der Waals surface area contributed by atoms with Gasteiger partial charge in [0.2, 0.25) is 0 Å². The lowest BCUT2D eigenvalue weighted by molar-refractivity contribution is -0.122. The molecular formula is C12H12BrN3O3. The van der Waals surface area contributed by atoms with Gasteiger partial charge in [-0.3, -0.25) is 4.79 Å². The number of ether oxygens (including phenoxy) is 1. The Hall–Kier alpha value is -1.89. The smallest absolute Gasteiger partial charge is 0.266 e. The van der Waals surface area contributed by atoms with Gasteiger partial charge in [0.25, 0.3) is 5.91 Å². The van der Waals surface area contributed by atoms with Crippen molar-refractivity contribution in [1.82, 2.24) is 10.3 Å². The first-order valence-electron chi connectivity index (χ1n) is 5.59. The average molecular weight is 326 g/mol. The van der Waals surface area contributed by atoms with E-state index in [1.807, 2.05) is 18.2 Å². The number of carbonyl (C=O) groups excluding carboxylic acids is 1. The molecule has 19 heavy (non-hydrogen) atoms. The van der Waals surface area contributed by atoms with Crippen LogP contribution in [0, 0.1) is 6.92 Å². The summed E-state index contributed by atoms with van der Waals surface area (Å²) in [6, 6.07) is 7.31. The SMILES string of the molecule is Cc1nonc1NC(=O)C(C)Oc1ccccc1Br. The molecule has 1 N–H and O–H groups in total. The number of para-hydroxylation sites is 1. The predicted octanol–water partition coefficient (Wildman–Crippen LogP) is 2.55. The molecule has 0 bridgehead atoms. The highest BCUT2D eigenvalue weighted by atomic mass is 79.9. The minimum absolute atomic E-state index is 0.299. The molecule has 0 saturated heterocycles. The van der Waals surface area contributed by atoms with Crippen molar-refractivity contribution in [3.63, 3.8) is 0 Å². The van der Waals surface area contributed by atoms with Gasteiger partial charge in [0.15, 0.2) is 11.9 Å². The third kappa shape index (κ3) is 3.31. The van der Waals surface area contributed by atoms with Crippen molar-refractivity contribution in [1.29, 1.82) is 0 Å². The zero-order valence-electron chi connectivity index (χ0n) is 10.4. The number of nitrogens with zero attached hydrogens (tertiary/aromatic N) is 2. The second kappa shape index (κ2) is 5.83. The number of rotatable bonds is 4. The number of halogens is 1. The van der Waals surface area contributed by atoms with Gasteiger partial charge in [-0.15, -0.1) is 0 Å². The molecule has 0 fully saturated rings. The summed E-state index contributed by atoms with van der Waals surface area (Å²) in [7, 11) is 0. The van der Waals surface area contributed by atoms with Crippen molar-refractivity contribution in [2.45, 2.75) is 20.0 Å². The highest BCUT2D eigenvalue weighted by molar-refractivity contribution is 9.10. The normalized spacial score (nSPS) is 11.9. The fraction of sp³-hybridized carbons (Fsp3) is 0.250. The Kier molecular flexibility index (Phi) is 4.16. The van der Waals surface area contributed by atoms with Crippen LogP contribution in [0.4, 0.5) is 5.82 Å². The Morgan fingerprint density at radius 1 is 1.42 bits per heavy atom. The van der Waals surface area contributed by atoms with E-state index in [-0.39, 0.29) is 5.91 Å². The molecule has 1 aromatic carbocycles. The molecule has 1 aromatic heterocycles. The molecule has 7 heteroatoms. The number of hydrogen-bond donors (Lipinski definition) is 1. The Balaban J connectivity index is 2.00. The topological polar surface area (TPSA) is 77.3 Å². The molecule has 1 unspecified atom stereocenters. The molecule has 6 nitrogen and oxygen atoms in total. The number of anilines is 1. The van der Waals surface area contributed by atoms with Crippen molar-refractivity contribution >= 4 is 27.7 Å². The Morgan fingerprint density at radius 3 is 2.79 bits per heavy atom. The van der Waals surface area contributed by atoms with E-state index < -0.39 is 6.10 Å². The summed E-state index contributed by atoms with van der Waals surface area (Å²) in [5, 5.41) is 9.74. The van der Waals surface area contributed by atoms with Gasteiger partial charge in [0.1, 0.15) is 11.4 Å². The van der Waals surface area contributed by atoms with E-state index in [2.05, 4.69) is 36.2 Å². The van der Waals surface area contributed by atoms with Gasteiger partial charge in [-0.2, -0.15) is 0 Å². The largest absolute Gasteiger partial charge is 0.480 e. The van der Waals surface area contributed by atoms with Crippen LogP contribution in [0.3, 0.4) is 0 Å². The molecule has 100 valence electrons. The summed E-state index contributed by atoms with van der Waals surface area (Å²) in [6.07, 6.45) is -0.671. The average Bonchev–Trinajstić information content (AvgIpc) is 2.78. The zero-order valence-corrected chi connectivity index (χ0v) is 12.0. The molecule has 0 aliphatic rings. The first-order chi connectivity index (χ1) is 9.08. The van der Waals surface area contributed by atoms with Crippen LogP contribution in [0.2, 0.25) is 0 Å². The molecule has 0 aliphatic carbocycles. The molecule has 2 rings (SSSR count). The molecular weight excluding hydrogens is 314 g/mol. The van der Waals surface area contributed by atoms with Crippen LogP contribution in [0.1, 0.15) is 12.6 Å². The van der Waals surface area contributed by atoms with Crippen LogP contribution in [0.15, 0.2) is 33.4 Å². The molecule has 2 aromatic rings. The lowest BCUT2D eigenvalue weighted by Crippen LogP contribution is -2.30. The van der Waals surface area contributed by atoms with Crippen molar-refractivity contribution in [2.24, 2.45) is 0 Å². The third-order valence-electron chi connectivity index (χ3n) is 2.40. The summed E-state index contributed by atoms with van der Waals surface area (Å²) in [6.45, 7) is 3.34. The van der Waals surface area contributed by atoms with Gasteiger partial charge < -0.3 is 10.1 Å². The minimum atomic E-state index is -0.671. The maximum Gasteiger partial charge on any atom is 0.266 e. The first-order valence-corrected chi connectivity index (χ1v) is 6.38. The molecule has 0 aliphatic heterocycles. The van der Waals surface area contributed by atoms with Gasteiger partial charge in [-0.25, -0.2) is 4.63 Å². The quantitative estimate of drug-likeness (QED) is 0.934. The van der Waals surface area contributed by atoms with Crippen LogP contribution in [0.5, 0.6) is 5.75 Å². The molecule has 0 spiro atoms. The van der Waals surface area contributed by atoms with E-state index in [0.29, 0.717) is 17.3 Å². The van der Waals surface area contributed by atoms with Crippen LogP contribution in [-0.4, -0.2) is 22.3 Å². The van der Waals surface area contributed by atoms with Gasteiger partial charge in [-0.1, -0.05) is 17.3 Å². The van der Waals surface area contributed by atoms with Crippen LogP contribution in [0.25, 0.3) is 0 Å². The zero-order chi connectivity index (χ0) is 13.8. The van der Waals surface area contributed by atoms with Crippen LogP contribution >= 0.6 is 15.9 Å². The molecule has 1 amide bonds. The van der Waals surface area contributed by atoms with Crippen LogP contribution in [-0.2, 0) is 4.79 Å². The monoisotopic (exact) mass is 325 g/mol. The van der Waals surface area contributed by atoms with E-state index in [4.69, 9.17) is 4.74 Å². The van der Waals surface area contributed by atoms with Crippen molar-refractivity contribution in [2.75, 3.05) is 5.32 Å². The van der Waals surface area contributed by atoms with Crippen molar-refractivity contribution < 1.29 is 14.2 Å². The van der Waals surface area contributed by atoms with Gasteiger partial charge >= 0.3 is 0 Å². The first kappa shape index (κ1) is 13.5. The number of carbonyl (C=O) groups is 1. The Labute approximate surface area is 118 Å². The van der Waals surface area contributed by atoms with E-state index in [1.54, 1.807) is 19.9 Å². The molecule has 0 radical (unpaired) electrons. The second-order valence-electron chi connectivity index (χ2n) is 3.88. The van der Waals surface area contributed by atoms with Crippen molar-refractivity contribution in [3.8, 4) is 5.75 Å². The number of aromatic nitrogens is 2. The third-order valence-corrected chi connectivity index (χ3v) is 3.06. The van der Waals surface area contributed by atoms with E-state index in [0.717, 1.165) is 4.47 Å². The lowest BCUT2D eigenvalue weighted by atomic mass is 10.3. The van der Waals surface area contributed by atoms with Gasteiger partial charge in [0, 0.05) is 0 Å². The van der Waals surface area contributed by atoms with Crippen molar-refractivity contribution in [3.05, 3.63) is 34.4 Å². The number of benzene rings is 1. The standard InChI is InChI=1S/C12H12BrN3O3/c1-7-11(16-19-15-7)14-12(17)8(2)18-10-6-4-3-5-9(10)13/h3-6,8H,1-2H3,(H,14,16,17). The Bertz CT molecular complexity index is 585. The second-order valence-corrected chi connectivity index (χ2v) is 4.73. The summed E-state index contributed by atoms with van der Waals surface area (Å²) in [4.78, 5) is 11.9. The maximum absolute atomic E-state index is 11.9. The molecule has 1 atom stereocenters. The minimum Gasteiger partial charge on any atom is -0.480 e. The van der Waals surface area contributed by atoms with Gasteiger partial charge in [-0.05, 0) is 47.1 Å². The number of nitrogens with one attached hydrogen (secondary N) is 1. The van der Waals surface area contributed by atoms with E-state index in [1.165, 1.54) is 0 Å². The number of aryl methyl sites for hydroxylation is 1. The summed E-state index contributed by atoms with van der Waals surface area (Å²) in [5.41, 5.74) is 0.515. The highest BCUT2D eigenvalue weighted by Gasteiger charge is 2.18. The summed E-state index contributed by atoms with van der Waals surface area (Å²) >= 11 is 3.35. The van der Waals surface area contributed by atoms with E-state index in [9.17, 15) is 4.79 Å². The maximum atomic E-state index is 11.9.